The second kappa shape index (κ2) is 4.48. The molecule has 1 aromatic rings. The number of aliphatic hydroxyl groups is 1. The van der Waals surface area contributed by atoms with Crippen LogP contribution in [0.15, 0.2) is 5.38 Å². The van der Waals surface area contributed by atoms with Crippen molar-refractivity contribution in [1.82, 2.24) is 10.3 Å². The number of aromatic nitrogens is 1. The second-order valence-corrected chi connectivity index (χ2v) is 5.03. The third-order valence-corrected chi connectivity index (χ3v) is 3.69. The first-order chi connectivity index (χ1) is 7.63. The number of thiazole rings is 1. The van der Waals surface area contributed by atoms with E-state index in [-0.39, 0.29) is 5.91 Å². The third kappa shape index (κ3) is 2.40. The molecule has 1 aromatic heterocycles. The van der Waals surface area contributed by atoms with Crippen molar-refractivity contribution < 1.29 is 9.90 Å². The molecule has 0 unspecified atom stereocenters. The van der Waals surface area contributed by atoms with Crippen molar-refractivity contribution in [3.8, 4) is 0 Å². The van der Waals surface area contributed by atoms with Gasteiger partial charge >= 0.3 is 0 Å². The summed E-state index contributed by atoms with van der Waals surface area (Å²) in [5, 5.41) is 14.9. The van der Waals surface area contributed by atoms with E-state index in [1.165, 1.54) is 11.3 Å². The smallest absolute Gasteiger partial charge is 0.270 e. The Kier molecular flexibility index (Phi) is 3.22. The maximum Gasteiger partial charge on any atom is 0.270 e. The van der Waals surface area contributed by atoms with Crippen molar-refractivity contribution in [3.63, 3.8) is 0 Å². The molecule has 0 bridgehead atoms. The molecular formula is C10H15N3O2S. The summed E-state index contributed by atoms with van der Waals surface area (Å²) in [6.45, 7) is 0.656. The molecule has 0 radical (unpaired) electrons. The molecule has 0 aliphatic heterocycles. The lowest BCUT2D eigenvalue weighted by Gasteiger charge is -2.36. The molecule has 16 heavy (non-hydrogen) atoms. The summed E-state index contributed by atoms with van der Waals surface area (Å²) in [4.78, 5) is 15.7. The van der Waals surface area contributed by atoms with E-state index in [1.54, 1.807) is 5.38 Å². The minimum Gasteiger partial charge on any atom is -0.388 e. The Morgan fingerprint density at radius 2 is 2.44 bits per heavy atom. The van der Waals surface area contributed by atoms with Crippen LogP contribution >= 0.6 is 11.3 Å². The maximum absolute atomic E-state index is 11.6. The molecule has 88 valence electrons. The van der Waals surface area contributed by atoms with E-state index in [1.807, 2.05) is 0 Å². The fourth-order valence-electron chi connectivity index (χ4n) is 1.61. The zero-order valence-corrected chi connectivity index (χ0v) is 9.72. The van der Waals surface area contributed by atoms with Gasteiger partial charge in [0, 0.05) is 18.5 Å². The van der Waals surface area contributed by atoms with Crippen molar-refractivity contribution in [2.24, 2.45) is 5.73 Å². The summed E-state index contributed by atoms with van der Waals surface area (Å²) in [7, 11) is 0. The van der Waals surface area contributed by atoms with E-state index in [2.05, 4.69) is 10.3 Å². The molecule has 0 aromatic carbocycles. The van der Waals surface area contributed by atoms with Crippen LogP contribution in [0.5, 0.6) is 0 Å². The van der Waals surface area contributed by atoms with Gasteiger partial charge in [-0.3, -0.25) is 4.79 Å². The van der Waals surface area contributed by atoms with E-state index in [0.29, 0.717) is 18.8 Å². The van der Waals surface area contributed by atoms with Gasteiger partial charge in [-0.1, -0.05) is 0 Å². The maximum atomic E-state index is 11.6. The Balaban J connectivity index is 1.87. The summed E-state index contributed by atoms with van der Waals surface area (Å²) in [5.74, 6) is -0.240. The standard InChI is InChI=1S/C10H15N3O2S/c11-4-8-13-7(5-16-8)9(14)12-6-10(15)2-1-3-10/h5,15H,1-4,6,11H2,(H,12,14). The van der Waals surface area contributed by atoms with Crippen LogP contribution in [0.4, 0.5) is 0 Å². The van der Waals surface area contributed by atoms with E-state index in [0.717, 1.165) is 24.3 Å². The Morgan fingerprint density at radius 3 is 2.94 bits per heavy atom. The number of carbonyl (C=O) groups is 1. The predicted octanol–water partition coefficient (Wildman–Crippen LogP) is 0.247. The van der Waals surface area contributed by atoms with Gasteiger partial charge in [-0.15, -0.1) is 11.3 Å². The Morgan fingerprint density at radius 1 is 1.69 bits per heavy atom. The van der Waals surface area contributed by atoms with Gasteiger partial charge in [-0.25, -0.2) is 4.98 Å². The first-order valence-corrected chi connectivity index (χ1v) is 6.16. The lowest BCUT2D eigenvalue weighted by molar-refractivity contribution is -0.0300. The van der Waals surface area contributed by atoms with Crippen LogP contribution < -0.4 is 11.1 Å². The van der Waals surface area contributed by atoms with E-state index < -0.39 is 5.60 Å². The minimum atomic E-state index is -0.692. The second-order valence-electron chi connectivity index (χ2n) is 4.09. The van der Waals surface area contributed by atoms with Crippen LogP contribution in [-0.4, -0.2) is 28.1 Å². The number of nitrogens with one attached hydrogen (secondary N) is 1. The molecule has 1 fully saturated rings. The van der Waals surface area contributed by atoms with Gasteiger partial charge in [0.25, 0.3) is 5.91 Å². The van der Waals surface area contributed by atoms with Crippen LogP contribution in [0.3, 0.4) is 0 Å². The Labute approximate surface area is 97.7 Å². The van der Waals surface area contributed by atoms with Crippen LogP contribution in [0.2, 0.25) is 0 Å². The summed E-state index contributed by atoms with van der Waals surface area (Å²) in [5.41, 5.74) is 5.10. The molecule has 1 aliphatic rings. The molecule has 1 heterocycles. The topological polar surface area (TPSA) is 88.2 Å². The van der Waals surface area contributed by atoms with Gasteiger partial charge in [0.15, 0.2) is 0 Å². The molecule has 1 saturated carbocycles. The molecular weight excluding hydrogens is 226 g/mol. The van der Waals surface area contributed by atoms with E-state index >= 15 is 0 Å². The van der Waals surface area contributed by atoms with Crippen molar-refractivity contribution in [2.75, 3.05) is 6.54 Å². The van der Waals surface area contributed by atoms with Crippen molar-refractivity contribution in [2.45, 2.75) is 31.4 Å². The molecule has 0 atom stereocenters. The molecule has 1 aliphatic carbocycles. The summed E-state index contributed by atoms with van der Waals surface area (Å²) in [6, 6.07) is 0. The monoisotopic (exact) mass is 241 g/mol. The highest BCUT2D eigenvalue weighted by molar-refractivity contribution is 7.09. The number of nitrogens with zero attached hydrogens (tertiary/aromatic N) is 1. The third-order valence-electron chi connectivity index (χ3n) is 2.82. The van der Waals surface area contributed by atoms with Crippen molar-refractivity contribution >= 4 is 17.2 Å². The molecule has 2 rings (SSSR count). The van der Waals surface area contributed by atoms with Gasteiger partial charge in [0.2, 0.25) is 0 Å². The quantitative estimate of drug-likeness (QED) is 0.705. The largest absolute Gasteiger partial charge is 0.388 e. The average Bonchev–Trinajstić information content (AvgIpc) is 2.71. The Hall–Kier alpha value is -0.980. The number of hydrogen-bond donors (Lipinski definition) is 3. The van der Waals surface area contributed by atoms with Crippen molar-refractivity contribution in [1.29, 1.82) is 0 Å². The van der Waals surface area contributed by atoms with Crippen LogP contribution in [-0.2, 0) is 6.54 Å². The van der Waals surface area contributed by atoms with Gasteiger partial charge in [-0.2, -0.15) is 0 Å². The fraction of sp³-hybridized carbons (Fsp3) is 0.600. The lowest BCUT2D eigenvalue weighted by atomic mass is 9.80. The first-order valence-electron chi connectivity index (χ1n) is 5.28. The summed E-state index contributed by atoms with van der Waals surface area (Å²) >= 11 is 1.37. The molecule has 6 heteroatoms. The first kappa shape index (κ1) is 11.5. The highest BCUT2D eigenvalue weighted by Gasteiger charge is 2.34. The fourth-order valence-corrected chi connectivity index (χ4v) is 2.26. The number of amides is 1. The average molecular weight is 241 g/mol. The van der Waals surface area contributed by atoms with Gasteiger partial charge in [0.1, 0.15) is 10.7 Å². The zero-order valence-electron chi connectivity index (χ0n) is 8.90. The highest BCUT2D eigenvalue weighted by atomic mass is 32.1. The van der Waals surface area contributed by atoms with Crippen LogP contribution in [0.1, 0.15) is 34.8 Å². The lowest BCUT2D eigenvalue weighted by Crippen LogP contribution is -2.47. The van der Waals surface area contributed by atoms with Crippen LogP contribution in [0, 0.1) is 0 Å². The Bertz CT molecular complexity index is 387. The van der Waals surface area contributed by atoms with Crippen molar-refractivity contribution in [3.05, 3.63) is 16.1 Å². The zero-order chi connectivity index (χ0) is 11.6. The normalized spacial score (nSPS) is 17.9. The summed E-state index contributed by atoms with van der Waals surface area (Å²) in [6.07, 6.45) is 2.55. The number of carbonyl (C=O) groups excluding carboxylic acids is 1. The predicted molar refractivity (Wildman–Crippen MR) is 61.1 cm³/mol. The molecule has 5 nitrogen and oxygen atoms in total. The molecule has 1 amide bonds. The molecule has 0 spiro atoms. The van der Waals surface area contributed by atoms with E-state index in [9.17, 15) is 9.90 Å². The number of nitrogens with two attached hydrogens (primary N) is 1. The number of rotatable bonds is 4. The summed E-state index contributed by atoms with van der Waals surface area (Å²) < 4.78 is 0. The van der Waals surface area contributed by atoms with Crippen LogP contribution in [0.25, 0.3) is 0 Å². The van der Waals surface area contributed by atoms with Gasteiger partial charge in [0.05, 0.1) is 5.60 Å². The molecule has 0 saturated heterocycles. The molecule has 4 N–H and O–H groups in total. The van der Waals surface area contributed by atoms with Gasteiger partial charge in [-0.05, 0) is 19.3 Å². The van der Waals surface area contributed by atoms with E-state index in [4.69, 9.17) is 5.73 Å². The van der Waals surface area contributed by atoms with Gasteiger partial charge < -0.3 is 16.2 Å². The number of hydrogen-bond acceptors (Lipinski definition) is 5. The SMILES string of the molecule is NCc1nc(C(=O)NCC2(O)CCC2)cs1. The minimum absolute atomic E-state index is 0.240. The highest BCUT2D eigenvalue weighted by Crippen LogP contribution is 2.30.